The van der Waals surface area contributed by atoms with E-state index in [0.29, 0.717) is 17.2 Å². The van der Waals surface area contributed by atoms with Crippen LogP contribution in [0.5, 0.6) is 0 Å². The first-order chi connectivity index (χ1) is 8.36. The Labute approximate surface area is 105 Å². The molecular weight excluding hydrogens is 230 g/mol. The van der Waals surface area contributed by atoms with Gasteiger partial charge in [-0.2, -0.15) is 5.10 Å². The summed E-state index contributed by atoms with van der Waals surface area (Å²) >= 11 is 0. The third-order valence-electron chi connectivity index (χ3n) is 2.58. The van der Waals surface area contributed by atoms with Crippen LogP contribution in [-0.2, 0) is 5.41 Å². The molecule has 0 bridgehead atoms. The van der Waals surface area contributed by atoms with Crippen molar-refractivity contribution in [3.8, 4) is 0 Å². The van der Waals surface area contributed by atoms with E-state index in [1.54, 1.807) is 12.3 Å². The van der Waals surface area contributed by atoms with Gasteiger partial charge in [0.2, 0.25) is 0 Å². The number of nitrogens with zero attached hydrogens (tertiary/aromatic N) is 1. The molecule has 0 saturated heterocycles. The predicted octanol–water partition coefficient (Wildman–Crippen LogP) is 1.87. The van der Waals surface area contributed by atoms with Gasteiger partial charge in [0.15, 0.2) is 5.82 Å². The zero-order chi connectivity index (χ0) is 13.3. The van der Waals surface area contributed by atoms with Gasteiger partial charge < -0.3 is 16.0 Å². The Balaban J connectivity index is 2.10. The Morgan fingerprint density at radius 1 is 1.39 bits per heavy atom. The smallest absolute Gasteiger partial charge is 0.273 e. The molecule has 0 spiro atoms. The maximum absolute atomic E-state index is 11.8. The van der Waals surface area contributed by atoms with Gasteiger partial charge in [-0.25, -0.2) is 0 Å². The lowest BCUT2D eigenvalue weighted by atomic mass is 9.92. The van der Waals surface area contributed by atoms with Gasteiger partial charge in [0.25, 0.3) is 5.91 Å². The average Bonchev–Trinajstić information content (AvgIpc) is 2.85. The molecule has 0 atom stereocenters. The SMILES string of the molecule is CC(C)(C)c1cc(NC(=O)c2cc(N)c[nH]2)n[nH]1. The van der Waals surface area contributed by atoms with E-state index < -0.39 is 0 Å². The standard InChI is InChI=1S/C12H17N5O/c1-12(2,3)9-5-10(17-16-9)15-11(18)8-4-7(13)6-14-8/h4-6,14H,13H2,1-3H3,(H2,15,16,17,18). The molecule has 0 unspecified atom stereocenters. The third-order valence-corrected chi connectivity index (χ3v) is 2.58. The van der Waals surface area contributed by atoms with Crippen LogP contribution >= 0.6 is 0 Å². The summed E-state index contributed by atoms with van der Waals surface area (Å²) in [5.41, 5.74) is 7.40. The number of hydrogen-bond acceptors (Lipinski definition) is 3. The second kappa shape index (κ2) is 4.21. The monoisotopic (exact) mass is 247 g/mol. The van der Waals surface area contributed by atoms with E-state index in [1.165, 1.54) is 0 Å². The summed E-state index contributed by atoms with van der Waals surface area (Å²) in [7, 11) is 0. The van der Waals surface area contributed by atoms with E-state index in [-0.39, 0.29) is 11.3 Å². The number of nitrogens with two attached hydrogens (primary N) is 1. The van der Waals surface area contributed by atoms with Gasteiger partial charge in [-0.1, -0.05) is 20.8 Å². The van der Waals surface area contributed by atoms with Crippen LogP contribution in [0.15, 0.2) is 18.3 Å². The number of carbonyl (C=O) groups is 1. The first kappa shape index (κ1) is 12.2. The minimum atomic E-state index is -0.265. The fourth-order valence-corrected chi connectivity index (χ4v) is 1.50. The Bertz CT molecular complexity index is 561. The second-order valence-corrected chi connectivity index (χ2v) is 5.22. The topological polar surface area (TPSA) is 99.6 Å². The van der Waals surface area contributed by atoms with E-state index in [4.69, 9.17) is 5.73 Å². The van der Waals surface area contributed by atoms with Crippen LogP contribution in [0.4, 0.5) is 11.5 Å². The van der Waals surface area contributed by atoms with Gasteiger partial charge in [0.05, 0.1) is 0 Å². The van der Waals surface area contributed by atoms with Crippen LogP contribution < -0.4 is 11.1 Å². The number of rotatable bonds is 2. The van der Waals surface area contributed by atoms with Crippen LogP contribution in [0.25, 0.3) is 0 Å². The molecule has 18 heavy (non-hydrogen) atoms. The van der Waals surface area contributed by atoms with E-state index in [0.717, 1.165) is 5.69 Å². The molecule has 0 aliphatic carbocycles. The van der Waals surface area contributed by atoms with Crippen molar-refractivity contribution < 1.29 is 4.79 Å². The highest BCUT2D eigenvalue weighted by Gasteiger charge is 2.17. The molecule has 1 amide bonds. The Kier molecular flexibility index (Phi) is 2.86. The van der Waals surface area contributed by atoms with Crippen LogP contribution in [0.2, 0.25) is 0 Å². The summed E-state index contributed by atoms with van der Waals surface area (Å²) in [5.74, 6) is 0.233. The molecule has 0 radical (unpaired) electrons. The summed E-state index contributed by atoms with van der Waals surface area (Å²) in [4.78, 5) is 14.6. The minimum absolute atomic E-state index is 0.0349. The molecule has 0 saturated carbocycles. The van der Waals surface area contributed by atoms with Crippen molar-refractivity contribution in [2.24, 2.45) is 0 Å². The highest BCUT2D eigenvalue weighted by molar-refractivity contribution is 6.03. The molecule has 2 aromatic heterocycles. The quantitative estimate of drug-likeness (QED) is 0.651. The lowest BCUT2D eigenvalue weighted by molar-refractivity contribution is 0.102. The number of aromatic amines is 2. The molecule has 2 rings (SSSR count). The summed E-state index contributed by atoms with van der Waals surface area (Å²) in [6.45, 7) is 6.20. The summed E-state index contributed by atoms with van der Waals surface area (Å²) in [5, 5.41) is 9.66. The second-order valence-electron chi connectivity index (χ2n) is 5.22. The fraction of sp³-hybridized carbons (Fsp3) is 0.333. The molecule has 2 aromatic rings. The fourth-order valence-electron chi connectivity index (χ4n) is 1.50. The molecular formula is C12H17N5O. The Hall–Kier alpha value is -2.24. The molecule has 5 N–H and O–H groups in total. The van der Waals surface area contributed by atoms with Gasteiger partial charge in [0, 0.05) is 29.1 Å². The third kappa shape index (κ3) is 2.53. The summed E-state index contributed by atoms with van der Waals surface area (Å²) in [6.07, 6.45) is 1.57. The van der Waals surface area contributed by atoms with Crippen molar-refractivity contribution in [3.63, 3.8) is 0 Å². The minimum Gasteiger partial charge on any atom is -0.397 e. The van der Waals surface area contributed by atoms with Gasteiger partial charge >= 0.3 is 0 Å². The maximum atomic E-state index is 11.8. The first-order valence-electron chi connectivity index (χ1n) is 5.67. The average molecular weight is 247 g/mol. The largest absolute Gasteiger partial charge is 0.397 e. The van der Waals surface area contributed by atoms with Crippen molar-refractivity contribution in [1.29, 1.82) is 0 Å². The van der Waals surface area contributed by atoms with Gasteiger partial charge in [0.1, 0.15) is 5.69 Å². The van der Waals surface area contributed by atoms with Crippen molar-refractivity contribution in [3.05, 3.63) is 29.7 Å². The predicted molar refractivity (Wildman–Crippen MR) is 70.4 cm³/mol. The van der Waals surface area contributed by atoms with Crippen molar-refractivity contribution >= 4 is 17.4 Å². The zero-order valence-corrected chi connectivity index (χ0v) is 10.7. The van der Waals surface area contributed by atoms with Gasteiger partial charge in [-0.3, -0.25) is 9.89 Å². The lowest BCUT2D eigenvalue weighted by Crippen LogP contribution is -2.12. The molecule has 2 heterocycles. The number of hydrogen-bond donors (Lipinski definition) is 4. The van der Waals surface area contributed by atoms with Crippen molar-refractivity contribution in [2.45, 2.75) is 26.2 Å². The molecule has 96 valence electrons. The van der Waals surface area contributed by atoms with Crippen LogP contribution in [0, 0.1) is 0 Å². The lowest BCUT2D eigenvalue weighted by Gasteiger charge is -2.14. The molecule has 0 fully saturated rings. The number of H-pyrrole nitrogens is 2. The molecule has 0 aliphatic rings. The first-order valence-corrected chi connectivity index (χ1v) is 5.67. The van der Waals surface area contributed by atoms with E-state index in [1.807, 2.05) is 6.07 Å². The number of anilines is 2. The highest BCUT2D eigenvalue weighted by atomic mass is 16.1. The molecule has 0 aliphatic heterocycles. The molecule has 6 heteroatoms. The van der Waals surface area contributed by atoms with E-state index in [2.05, 4.69) is 41.3 Å². The normalized spacial score (nSPS) is 11.5. The molecule has 6 nitrogen and oxygen atoms in total. The van der Waals surface area contributed by atoms with Crippen LogP contribution in [0.1, 0.15) is 37.0 Å². The summed E-state index contributed by atoms with van der Waals surface area (Å²) < 4.78 is 0. The number of amides is 1. The summed E-state index contributed by atoms with van der Waals surface area (Å²) in [6, 6.07) is 3.40. The Morgan fingerprint density at radius 2 is 2.11 bits per heavy atom. The van der Waals surface area contributed by atoms with Crippen LogP contribution in [0.3, 0.4) is 0 Å². The maximum Gasteiger partial charge on any atom is 0.273 e. The number of nitrogens with one attached hydrogen (secondary N) is 3. The zero-order valence-electron chi connectivity index (χ0n) is 10.7. The highest BCUT2D eigenvalue weighted by Crippen LogP contribution is 2.22. The van der Waals surface area contributed by atoms with E-state index in [9.17, 15) is 4.79 Å². The van der Waals surface area contributed by atoms with Crippen molar-refractivity contribution in [2.75, 3.05) is 11.1 Å². The molecule has 0 aromatic carbocycles. The van der Waals surface area contributed by atoms with Crippen molar-refractivity contribution in [1.82, 2.24) is 15.2 Å². The number of nitrogen functional groups attached to an aromatic ring is 1. The number of carbonyl (C=O) groups excluding carboxylic acids is 1. The van der Waals surface area contributed by atoms with Crippen LogP contribution in [-0.4, -0.2) is 21.1 Å². The van der Waals surface area contributed by atoms with E-state index >= 15 is 0 Å². The number of aromatic nitrogens is 3. The van der Waals surface area contributed by atoms with Gasteiger partial charge in [-0.15, -0.1) is 0 Å². The Morgan fingerprint density at radius 3 is 2.61 bits per heavy atom. The van der Waals surface area contributed by atoms with Gasteiger partial charge in [-0.05, 0) is 6.07 Å².